The Bertz CT molecular complexity index is 700. The smallest absolute Gasteiger partial charge is 0.310 e. The molecule has 0 atom stereocenters. The van der Waals surface area contributed by atoms with Gasteiger partial charge in [-0.15, -0.1) is 10.2 Å². The number of nitro groups is 1. The van der Waals surface area contributed by atoms with Gasteiger partial charge in [-0.25, -0.2) is 0 Å². The Morgan fingerprint density at radius 1 is 1.39 bits per heavy atom. The second kappa shape index (κ2) is 6.99. The summed E-state index contributed by atoms with van der Waals surface area (Å²) >= 11 is 1.57. The molecule has 1 aliphatic carbocycles. The summed E-state index contributed by atoms with van der Waals surface area (Å²) in [5.41, 5.74) is -0.00903. The summed E-state index contributed by atoms with van der Waals surface area (Å²) in [6, 6.07) is 6.41. The SMILES string of the molecule is CCn1c(SCCOc2ccccc2[N+](=O)[O-])nnc1C1CC1. The second-order valence-corrected chi connectivity index (χ2v) is 6.34. The van der Waals surface area contributed by atoms with Gasteiger partial charge in [0.05, 0.1) is 11.5 Å². The Hall–Kier alpha value is -2.09. The molecule has 0 saturated heterocycles. The molecule has 1 aromatic heterocycles. The molecule has 1 aromatic carbocycles. The standard InChI is InChI=1S/C15H18N4O3S/c1-2-18-14(11-7-8-11)16-17-15(18)23-10-9-22-13-6-4-3-5-12(13)19(20)21/h3-6,11H,2,7-10H2,1H3. The van der Waals surface area contributed by atoms with Crippen molar-refractivity contribution in [3.8, 4) is 5.75 Å². The predicted molar refractivity (Wildman–Crippen MR) is 87.0 cm³/mol. The van der Waals surface area contributed by atoms with Crippen molar-refractivity contribution in [1.82, 2.24) is 14.8 Å². The first-order valence-electron chi connectivity index (χ1n) is 7.62. The van der Waals surface area contributed by atoms with Crippen molar-refractivity contribution in [2.24, 2.45) is 0 Å². The molecule has 0 spiro atoms. The lowest BCUT2D eigenvalue weighted by atomic mass is 10.3. The van der Waals surface area contributed by atoms with Gasteiger partial charge in [-0.05, 0) is 25.8 Å². The van der Waals surface area contributed by atoms with E-state index >= 15 is 0 Å². The molecule has 0 amide bonds. The number of ether oxygens (including phenoxy) is 1. The maximum Gasteiger partial charge on any atom is 0.310 e. The van der Waals surface area contributed by atoms with Gasteiger partial charge in [0.1, 0.15) is 5.82 Å². The molecule has 8 heteroatoms. The van der Waals surface area contributed by atoms with Gasteiger partial charge in [0.15, 0.2) is 10.9 Å². The van der Waals surface area contributed by atoms with E-state index in [0.717, 1.165) is 17.5 Å². The van der Waals surface area contributed by atoms with Crippen LogP contribution in [0, 0.1) is 10.1 Å². The molecule has 0 aliphatic heterocycles. The van der Waals surface area contributed by atoms with E-state index < -0.39 is 4.92 Å². The molecular formula is C15H18N4O3S. The van der Waals surface area contributed by atoms with Crippen LogP contribution in [-0.2, 0) is 6.54 Å². The number of hydrogen-bond donors (Lipinski definition) is 0. The highest BCUT2D eigenvalue weighted by molar-refractivity contribution is 7.99. The number of aromatic nitrogens is 3. The fraction of sp³-hybridized carbons (Fsp3) is 0.467. The van der Waals surface area contributed by atoms with E-state index in [1.54, 1.807) is 30.0 Å². The van der Waals surface area contributed by atoms with E-state index in [9.17, 15) is 10.1 Å². The predicted octanol–water partition coefficient (Wildman–Crippen LogP) is 3.25. The average Bonchev–Trinajstić information content (AvgIpc) is 3.32. The van der Waals surface area contributed by atoms with Crippen molar-refractivity contribution in [2.45, 2.75) is 37.4 Å². The first-order valence-corrected chi connectivity index (χ1v) is 8.61. The number of nitrogens with zero attached hydrogens (tertiary/aromatic N) is 4. The quantitative estimate of drug-likeness (QED) is 0.319. The lowest BCUT2D eigenvalue weighted by molar-refractivity contribution is -0.385. The van der Waals surface area contributed by atoms with Gasteiger partial charge < -0.3 is 9.30 Å². The zero-order valence-corrected chi connectivity index (χ0v) is 13.7. The number of nitro benzene ring substituents is 1. The third kappa shape index (κ3) is 3.64. The summed E-state index contributed by atoms with van der Waals surface area (Å²) in [5.74, 6) is 2.61. The normalized spacial score (nSPS) is 14.0. The molecular weight excluding hydrogens is 316 g/mol. The fourth-order valence-corrected chi connectivity index (χ4v) is 3.19. The lowest BCUT2D eigenvalue weighted by Gasteiger charge is -2.08. The zero-order valence-electron chi connectivity index (χ0n) is 12.8. The minimum Gasteiger partial charge on any atom is -0.486 e. The molecule has 0 unspecified atom stereocenters. The molecule has 0 radical (unpaired) electrons. The van der Waals surface area contributed by atoms with Gasteiger partial charge in [-0.2, -0.15) is 0 Å². The van der Waals surface area contributed by atoms with Crippen molar-refractivity contribution in [2.75, 3.05) is 12.4 Å². The lowest BCUT2D eigenvalue weighted by Crippen LogP contribution is -2.05. The van der Waals surface area contributed by atoms with Gasteiger partial charge in [0.2, 0.25) is 0 Å². The Kier molecular flexibility index (Phi) is 4.80. The highest BCUT2D eigenvalue weighted by atomic mass is 32.2. The number of para-hydroxylation sites is 2. The van der Waals surface area contributed by atoms with Gasteiger partial charge in [-0.1, -0.05) is 23.9 Å². The fourth-order valence-electron chi connectivity index (χ4n) is 2.36. The van der Waals surface area contributed by atoms with E-state index in [1.165, 1.54) is 18.9 Å². The van der Waals surface area contributed by atoms with Gasteiger partial charge >= 0.3 is 5.69 Å². The summed E-state index contributed by atoms with van der Waals surface area (Å²) in [5, 5.41) is 20.4. The first kappa shape index (κ1) is 15.8. The van der Waals surface area contributed by atoms with Crippen LogP contribution in [0.4, 0.5) is 5.69 Å². The number of hydrogen-bond acceptors (Lipinski definition) is 6. The van der Waals surface area contributed by atoms with Crippen LogP contribution in [0.25, 0.3) is 0 Å². The summed E-state index contributed by atoms with van der Waals surface area (Å²) in [7, 11) is 0. The molecule has 0 bridgehead atoms. The third-order valence-corrected chi connectivity index (χ3v) is 4.57. The summed E-state index contributed by atoms with van der Waals surface area (Å²) in [6.07, 6.45) is 2.40. The molecule has 1 fully saturated rings. The van der Waals surface area contributed by atoms with Crippen molar-refractivity contribution in [1.29, 1.82) is 0 Å². The second-order valence-electron chi connectivity index (χ2n) is 5.28. The minimum atomic E-state index is -0.432. The molecule has 0 N–H and O–H groups in total. The molecule has 122 valence electrons. The highest BCUT2D eigenvalue weighted by Crippen LogP contribution is 2.40. The first-order chi connectivity index (χ1) is 11.2. The molecule has 7 nitrogen and oxygen atoms in total. The maximum atomic E-state index is 10.9. The van der Waals surface area contributed by atoms with Crippen LogP contribution in [0.3, 0.4) is 0 Å². The summed E-state index contributed by atoms with van der Waals surface area (Å²) in [6.45, 7) is 3.32. The van der Waals surface area contributed by atoms with E-state index in [-0.39, 0.29) is 5.69 Å². The molecule has 23 heavy (non-hydrogen) atoms. The van der Waals surface area contributed by atoms with Crippen molar-refractivity contribution >= 4 is 17.4 Å². The molecule has 1 heterocycles. The van der Waals surface area contributed by atoms with Crippen LogP contribution < -0.4 is 4.74 Å². The van der Waals surface area contributed by atoms with E-state index in [1.807, 2.05) is 0 Å². The van der Waals surface area contributed by atoms with Crippen LogP contribution in [0.1, 0.15) is 31.5 Å². The van der Waals surface area contributed by atoms with Crippen molar-refractivity contribution in [3.05, 3.63) is 40.2 Å². The Labute approximate surface area is 138 Å². The molecule has 1 saturated carbocycles. The topological polar surface area (TPSA) is 83.1 Å². The van der Waals surface area contributed by atoms with E-state index in [0.29, 0.717) is 24.0 Å². The summed E-state index contributed by atoms with van der Waals surface area (Å²) in [4.78, 5) is 10.5. The minimum absolute atomic E-state index is 0.00903. The van der Waals surface area contributed by atoms with Crippen molar-refractivity contribution in [3.63, 3.8) is 0 Å². The van der Waals surface area contributed by atoms with Crippen molar-refractivity contribution < 1.29 is 9.66 Å². The van der Waals surface area contributed by atoms with E-state index in [4.69, 9.17) is 4.74 Å². The zero-order chi connectivity index (χ0) is 16.2. The Morgan fingerprint density at radius 2 is 2.17 bits per heavy atom. The van der Waals surface area contributed by atoms with Crippen LogP contribution in [0.5, 0.6) is 5.75 Å². The monoisotopic (exact) mass is 334 g/mol. The van der Waals surface area contributed by atoms with Gasteiger partial charge in [0.25, 0.3) is 0 Å². The number of rotatable bonds is 8. The number of benzene rings is 1. The maximum absolute atomic E-state index is 10.9. The van der Waals surface area contributed by atoms with Gasteiger partial charge in [-0.3, -0.25) is 10.1 Å². The third-order valence-electron chi connectivity index (χ3n) is 3.64. The molecule has 2 aromatic rings. The van der Waals surface area contributed by atoms with Crippen LogP contribution >= 0.6 is 11.8 Å². The Balaban J connectivity index is 1.55. The molecule has 3 rings (SSSR count). The van der Waals surface area contributed by atoms with Crippen LogP contribution in [-0.4, -0.2) is 32.0 Å². The Morgan fingerprint density at radius 3 is 2.87 bits per heavy atom. The number of thioether (sulfide) groups is 1. The van der Waals surface area contributed by atoms with Crippen LogP contribution in [0.2, 0.25) is 0 Å². The highest BCUT2D eigenvalue weighted by Gasteiger charge is 2.29. The molecule has 1 aliphatic rings. The van der Waals surface area contributed by atoms with Gasteiger partial charge in [0, 0.05) is 24.3 Å². The van der Waals surface area contributed by atoms with Crippen LogP contribution in [0.15, 0.2) is 29.4 Å². The summed E-state index contributed by atoms with van der Waals surface area (Å²) < 4.78 is 7.69. The van der Waals surface area contributed by atoms with E-state index in [2.05, 4.69) is 21.7 Å². The average molecular weight is 334 g/mol. The largest absolute Gasteiger partial charge is 0.486 e.